The number of rotatable bonds is 2. The maximum atomic E-state index is 9.62. The summed E-state index contributed by atoms with van der Waals surface area (Å²) in [6.45, 7) is 4.11. The van der Waals surface area contributed by atoms with Gasteiger partial charge >= 0.3 is 18.9 Å². The van der Waals surface area contributed by atoms with E-state index in [1.54, 1.807) is 18.3 Å². The zero-order valence-electron chi connectivity index (χ0n) is 12.0. The quantitative estimate of drug-likeness (QED) is 0.606. The van der Waals surface area contributed by atoms with Gasteiger partial charge in [-0.2, -0.15) is 0 Å². The number of hydrogen-bond acceptors (Lipinski definition) is 2. The van der Waals surface area contributed by atoms with Crippen LogP contribution in [0.1, 0.15) is 18.1 Å². The van der Waals surface area contributed by atoms with Gasteiger partial charge in [0.05, 0.1) is 5.69 Å². The van der Waals surface area contributed by atoms with Crippen LogP contribution in [-0.2, 0) is 0 Å². The molecular weight excluding hydrogens is 217 g/mol. The summed E-state index contributed by atoms with van der Waals surface area (Å²) in [5.74, 6) is 0.251. The van der Waals surface area contributed by atoms with Gasteiger partial charge < -0.3 is 6.53 Å². The first kappa shape index (κ1) is 14.6. The van der Waals surface area contributed by atoms with Crippen molar-refractivity contribution in [2.75, 3.05) is 0 Å². The zero-order chi connectivity index (χ0) is 12.3. The maximum Gasteiger partial charge on any atom is 1.00 e. The minimum absolute atomic E-state index is 0. The number of nitrogens with zero attached hydrogens (tertiary/aromatic N) is 1. The van der Waals surface area contributed by atoms with Gasteiger partial charge in [-0.3, -0.25) is 4.99 Å². The molecule has 18 heavy (non-hydrogen) atoms. The SMILES string of the molecule is Cc1cccc(N=Cc2ccccc2O)c1C.[H-].[Li+]. The molecule has 0 saturated heterocycles. The Hall–Kier alpha value is -1.49. The molecular formula is C15H16LiNO. The summed E-state index contributed by atoms with van der Waals surface area (Å²) < 4.78 is 0. The molecule has 0 aliphatic carbocycles. The van der Waals surface area contributed by atoms with Crippen LogP contribution < -0.4 is 18.9 Å². The molecule has 0 amide bonds. The van der Waals surface area contributed by atoms with Crippen molar-refractivity contribution in [3.63, 3.8) is 0 Å². The molecule has 0 saturated carbocycles. The van der Waals surface area contributed by atoms with Gasteiger partial charge in [0, 0.05) is 11.8 Å². The van der Waals surface area contributed by atoms with Gasteiger partial charge in [0.2, 0.25) is 0 Å². The zero-order valence-corrected chi connectivity index (χ0v) is 11.0. The number of aliphatic imine (C=N–C) groups is 1. The Morgan fingerprint density at radius 1 is 1.06 bits per heavy atom. The fourth-order valence-electron chi connectivity index (χ4n) is 1.61. The Bertz CT molecular complexity index is 570. The molecule has 0 aliphatic rings. The number of hydrogen-bond donors (Lipinski definition) is 1. The monoisotopic (exact) mass is 233 g/mol. The molecule has 0 atom stereocenters. The van der Waals surface area contributed by atoms with E-state index in [1.165, 1.54) is 11.1 Å². The van der Waals surface area contributed by atoms with E-state index in [0.29, 0.717) is 0 Å². The van der Waals surface area contributed by atoms with Crippen molar-refractivity contribution in [1.29, 1.82) is 0 Å². The van der Waals surface area contributed by atoms with Gasteiger partial charge in [0.25, 0.3) is 0 Å². The summed E-state index contributed by atoms with van der Waals surface area (Å²) in [5.41, 5.74) is 4.05. The van der Waals surface area contributed by atoms with E-state index in [1.807, 2.05) is 31.2 Å². The molecule has 2 aromatic carbocycles. The standard InChI is InChI=1S/C15H15NO.Li.H/c1-11-6-5-8-14(12(11)2)16-10-13-7-3-4-9-15(13)17;;/h3-10,17H,1-2H3;;/q;+1;-1. The van der Waals surface area contributed by atoms with E-state index in [0.717, 1.165) is 11.3 Å². The maximum absolute atomic E-state index is 9.62. The van der Waals surface area contributed by atoms with Gasteiger partial charge in [-0.05, 0) is 43.2 Å². The van der Waals surface area contributed by atoms with Crippen LogP contribution in [0.2, 0.25) is 0 Å². The van der Waals surface area contributed by atoms with Gasteiger partial charge in [0.15, 0.2) is 0 Å². The second-order valence-corrected chi connectivity index (χ2v) is 4.04. The minimum atomic E-state index is 0. The normalized spacial score (nSPS) is 10.3. The molecule has 88 valence electrons. The van der Waals surface area contributed by atoms with Crippen LogP contribution in [0, 0.1) is 13.8 Å². The largest absolute Gasteiger partial charge is 1.00 e. The number of phenols is 1. The van der Waals surface area contributed by atoms with Crippen LogP contribution in [0.5, 0.6) is 5.75 Å². The third kappa shape index (κ3) is 3.26. The summed E-state index contributed by atoms with van der Waals surface area (Å²) in [4.78, 5) is 4.41. The molecule has 0 aromatic heterocycles. The fourth-order valence-corrected chi connectivity index (χ4v) is 1.61. The van der Waals surface area contributed by atoms with Crippen LogP contribution >= 0.6 is 0 Å². The van der Waals surface area contributed by atoms with Gasteiger partial charge in [0.1, 0.15) is 5.75 Å². The predicted molar refractivity (Wildman–Crippen MR) is 72.4 cm³/mol. The molecule has 0 radical (unpaired) electrons. The third-order valence-corrected chi connectivity index (χ3v) is 2.86. The molecule has 0 heterocycles. The van der Waals surface area contributed by atoms with E-state index in [2.05, 4.69) is 18.0 Å². The van der Waals surface area contributed by atoms with Crippen molar-refractivity contribution in [3.8, 4) is 5.75 Å². The Balaban J connectivity index is 0.00000162. The number of para-hydroxylation sites is 1. The van der Waals surface area contributed by atoms with Crippen molar-refractivity contribution in [2.45, 2.75) is 13.8 Å². The predicted octanol–water partition coefficient (Wildman–Crippen LogP) is 0.876. The van der Waals surface area contributed by atoms with Crippen molar-refractivity contribution in [3.05, 3.63) is 59.2 Å². The molecule has 0 aliphatic heterocycles. The number of aryl methyl sites for hydroxylation is 1. The summed E-state index contributed by atoms with van der Waals surface area (Å²) in [7, 11) is 0. The van der Waals surface area contributed by atoms with Crippen molar-refractivity contribution < 1.29 is 25.4 Å². The molecule has 2 rings (SSSR count). The molecule has 2 nitrogen and oxygen atoms in total. The average molecular weight is 233 g/mol. The topological polar surface area (TPSA) is 32.6 Å². The molecule has 0 bridgehead atoms. The van der Waals surface area contributed by atoms with E-state index < -0.39 is 0 Å². The van der Waals surface area contributed by atoms with Gasteiger partial charge in [-0.1, -0.05) is 24.3 Å². The first-order valence-electron chi connectivity index (χ1n) is 5.57. The molecule has 2 aromatic rings. The van der Waals surface area contributed by atoms with E-state index >= 15 is 0 Å². The van der Waals surface area contributed by atoms with Gasteiger partial charge in [-0.25, -0.2) is 0 Å². The molecule has 0 spiro atoms. The minimum Gasteiger partial charge on any atom is -1.00 e. The van der Waals surface area contributed by atoms with Crippen LogP contribution in [0.15, 0.2) is 47.5 Å². The average Bonchev–Trinajstić information content (AvgIpc) is 2.33. The Morgan fingerprint density at radius 2 is 1.78 bits per heavy atom. The third-order valence-electron chi connectivity index (χ3n) is 2.86. The Labute approximate surface area is 121 Å². The molecule has 3 heteroatoms. The number of aromatic hydroxyl groups is 1. The number of benzene rings is 2. The molecule has 0 unspecified atom stereocenters. The van der Waals surface area contributed by atoms with Gasteiger partial charge in [-0.15, -0.1) is 0 Å². The smallest absolute Gasteiger partial charge is 1.00 e. The fraction of sp³-hybridized carbons (Fsp3) is 0.133. The van der Waals surface area contributed by atoms with Crippen LogP contribution in [0.3, 0.4) is 0 Å². The van der Waals surface area contributed by atoms with Crippen LogP contribution in [0.4, 0.5) is 5.69 Å². The summed E-state index contributed by atoms with van der Waals surface area (Å²) in [6, 6.07) is 13.2. The van der Waals surface area contributed by atoms with Crippen LogP contribution in [-0.4, -0.2) is 11.3 Å². The van der Waals surface area contributed by atoms with Crippen molar-refractivity contribution in [2.24, 2.45) is 4.99 Å². The summed E-state index contributed by atoms with van der Waals surface area (Å²) >= 11 is 0. The Morgan fingerprint density at radius 3 is 2.50 bits per heavy atom. The van der Waals surface area contributed by atoms with E-state index in [-0.39, 0.29) is 26.0 Å². The Kier molecular flexibility index (Phi) is 5.21. The summed E-state index contributed by atoms with van der Waals surface area (Å²) in [6.07, 6.45) is 1.69. The second-order valence-electron chi connectivity index (χ2n) is 4.04. The first-order chi connectivity index (χ1) is 8.18. The van der Waals surface area contributed by atoms with E-state index in [4.69, 9.17) is 0 Å². The van der Waals surface area contributed by atoms with Crippen molar-refractivity contribution >= 4 is 11.9 Å². The van der Waals surface area contributed by atoms with Crippen molar-refractivity contribution in [1.82, 2.24) is 0 Å². The van der Waals surface area contributed by atoms with E-state index in [9.17, 15) is 5.11 Å². The first-order valence-corrected chi connectivity index (χ1v) is 5.57. The molecule has 0 fully saturated rings. The summed E-state index contributed by atoms with van der Waals surface area (Å²) in [5, 5.41) is 9.62. The number of phenolic OH excluding ortho intramolecular Hbond substituents is 1. The molecule has 1 N–H and O–H groups in total. The van der Waals surface area contributed by atoms with Crippen LogP contribution in [0.25, 0.3) is 0 Å². The second kappa shape index (κ2) is 6.44.